The second kappa shape index (κ2) is 7.13. The molecule has 26 heavy (non-hydrogen) atoms. The number of piperazine rings is 1. The molecule has 0 saturated carbocycles. The summed E-state index contributed by atoms with van der Waals surface area (Å²) in [6.07, 6.45) is 1.46. The van der Waals surface area contributed by atoms with Crippen molar-refractivity contribution in [3.8, 4) is 0 Å². The minimum atomic E-state index is -0.321. The van der Waals surface area contributed by atoms with E-state index in [1.807, 2.05) is 4.90 Å². The molecule has 0 amide bonds. The van der Waals surface area contributed by atoms with Crippen molar-refractivity contribution in [1.82, 2.24) is 14.9 Å². The molecule has 1 fully saturated rings. The largest absolute Gasteiger partial charge is 0.353 e. The van der Waals surface area contributed by atoms with Crippen molar-refractivity contribution < 1.29 is 8.78 Å². The van der Waals surface area contributed by atoms with Gasteiger partial charge in [0.05, 0.1) is 10.9 Å². The van der Waals surface area contributed by atoms with Crippen molar-refractivity contribution >= 4 is 28.3 Å². The number of aromatic nitrogens is 2. The first kappa shape index (κ1) is 17.1. The molecule has 7 heteroatoms. The van der Waals surface area contributed by atoms with E-state index in [9.17, 15) is 8.78 Å². The molecule has 3 aromatic rings. The summed E-state index contributed by atoms with van der Waals surface area (Å²) in [5.41, 5.74) is 1.11. The summed E-state index contributed by atoms with van der Waals surface area (Å²) in [5, 5.41) is 0.886. The second-order valence-electron chi connectivity index (χ2n) is 6.29. The molecule has 134 valence electrons. The lowest BCUT2D eigenvalue weighted by atomic mass is 10.1. The van der Waals surface area contributed by atoms with E-state index < -0.39 is 0 Å². The first-order valence-corrected chi connectivity index (χ1v) is 8.80. The van der Waals surface area contributed by atoms with Gasteiger partial charge in [0.2, 0.25) is 0 Å². The van der Waals surface area contributed by atoms with E-state index in [0.29, 0.717) is 60.0 Å². The fourth-order valence-corrected chi connectivity index (χ4v) is 3.54. The van der Waals surface area contributed by atoms with Gasteiger partial charge in [-0.15, -0.1) is 0 Å². The van der Waals surface area contributed by atoms with Gasteiger partial charge in [0.25, 0.3) is 0 Å². The van der Waals surface area contributed by atoms with Gasteiger partial charge in [-0.2, -0.15) is 0 Å². The lowest BCUT2D eigenvalue weighted by Crippen LogP contribution is -2.46. The molecule has 0 atom stereocenters. The number of nitrogens with zero attached hydrogens (tertiary/aromatic N) is 4. The van der Waals surface area contributed by atoms with E-state index in [-0.39, 0.29) is 11.6 Å². The lowest BCUT2D eigenvalue weighted by molar-refractivity contribution is 0.246. The van der Waals surface area contributed by atoms with Gasteiger partial charge in [-0.3, -0.25) is 4.90 Å². The van der Waals surface area contributed by atoms with E-state index in [1.165, 1.54) is 18.5 Å². The molecule has 0 aliphatic carbocycles. The van der Waals surface area contributed by atoms with Gasteiger partial charge in [-0.05, 0) is 24.3 Å². The smallest absolute Gasteiger partial charge is 0.142 e. The third kappa shape index (κ3) is 3.22. The summed E-state index contributed by atoms with van der Waals surface area (Å²) in [4.78, 5) is 12.6. The minimum Gasteiger partial charge on any atom is -0.353 e. The summed E-state index contributed by atoms with van der Waals surface area (Å²) in [6, 6.07) is 9.57. The summed E-state index contributed by atoms with van der Waals surface area (Å²) in [7, 11) is 0. The van der Waals surface area contributed by atoms with Crippen LogP contribution in [-0.2, 0) is 6.54 Å². The van der Waals surface area contributed by atoms with E-state index in [4.69, 9.17) is 11.6 Å². The summed E-state index contributed by atoms with van der Waals surface area (Å²) < 4.78 is 28.3. The number of fused-ring (bicyclic) bond motifs is 1. The second-order valence-corrected chi connectivity index (χ2v) is 6.70. The van der Waals surface area contributed by atoms with Crippen LogP contribution in [0.5, 0.6) is 0 Å². The van der Waals surface area contributed by atoms with Gasteiger partial charge in [0.1, 0.15) is 23.8 Å². The van der Waals surface area contributed by atoms with Crippen molar-refractivity contribution in [3.05, 3.63) is 64.9 Å². The first-order chi connectivity index (χ1) is 12.6. The number of hydrogen-bond acceptors (Lipinski definition) is 4. The van der Waals surface area contributed by atoms with E-state index >= 15 is 0 Å². The summed E-state index contributed by atoms with van der Waals surface area (Å²) >= 11 is 6.12. The minimum absolute atomic E-state index is 0.288. The number of anilines is 1. The molecule has 0 bridgehead atoms. The number of halogens is 3. The van der Waals surface area contributed by atoms with Crippen LogP contribution in [0.25, 0.3) is 10.9 Å². The number of hydrogen-bond donors (Lipinski definition) is 0. The van der Waals surface area contributed by atoms with Crippen molar-refractivity contribution in [2.75, 3.05) is 31.1 Å². The Morgan fingerprint density at radius 3 is 2.42 bits per heavy atom. The average Bonchev–Trinajstić information content (AvgIpc) is 2.65. The molecule has 2 heterocycles. The zero-order valence-electron chi connectivity index (χ0n) is 14.0. The molecule has 4 nitrogen and oxygen atoms in total. The highest BCUT2D eigenvalue weighted by atomic mass is 35.5. The van der Waals surface area contributed by atoms with Gasteiger partial charge in [-0.1, -0.05) is 23.7 Å². The van der Waals surface area contributed by atoms with Gasteiger partial charge < -0.3 is 4.90 Å². The maximum Gasteiger partial charge on any atom is 0.142 e. The Balaban J connectivity index is 1.51. The first-order valence-electron chi connectivity index (χ1n) is 8.43. The summed E-state index contributed by atoms with van der Waals surface area (Å²) in [6.45, 7) is 3.23. The number of benzene rings is 2. The topological polar surface area (TPSA) is 32.3 Å². The van der Waals surface area contributed by atoms with Crippen LogP contribution in [0.2, 0.25) is 5.02 Å². The molecule has 1 aliphatic heterocycles. The van der Waals surface area contributed by atoms with Gasteiger partial charge in [0.15, 0.2) is 0 Å². The highest BCUT2D eigenvalue weighted by Crippen LogP contribution is 2.27. The SMILES string of the molecule is Fc1cccc(Cl)c1CN1CCN(c2ncnc3cccc(F)c23)CC1. The molecule has 1 aliphatic rings. The van der Waals surface area contributed by atoms with Crippen molar-refractivity contribution in [2.45, 2.75) is 6.54 Å². The predicted molar refractivity (Wildman–Crippen MR) is 98.4 cm³/mol. The molecule has 1 saturated heterocycles. The fraction of sp³-hybridized carbons (Fsp3) is 0.263. The van der Waals surface area contributed by atoms with E-state index in [0.717, 1.165) is 0 Å². The molecule has 1 aromatic heterocycles. The van der Waals surface area contributed by atoms with Crippen LogP contribution < -0.4 is 4.90 Å². The van der Waals surface area contributed by atoms with Gasteiger partial charge >= 0.3 is 0 Å². The Hall–Kier alpha value is -2.31. The maximum atomic E-state index is 14.3. The molecular formula is C19H17ClF2N4. The van der Waals surface area contributed by atoms with Crippen LogP contribution in [0.3, 0.4) is 0 Å². The lowest BCUT2D eigenvalue weighted by Gasteiger charge is -2.36. The Morgan fingerprint density at radius 1 is 0.923 bits per heavy atom. The van der Waals surface area contributed by atoms with Crippen LogP contribution in [0, 0.1) is 11.6 Å². The highest BCUT2D eigenvalue weighted by molar-refractivity contribution is 6.31. The molecule has 0 radical (unpaired) electrons. The van der Waals surface area contributed by atoms with E-state index in [2.05, 4.69) is 14.9 Å². The number of rotatable bonds is 3. The van der Waals surface area contributed by atoms with Gasteiger partial charge in [0, 0.05) is 43.3 Å². The molecule has 4 rings (SSSR count). The van der Waals surface area contributed by atoms with Crippen molar-refractivity contribution in [3.63, 3.8) is 0 Å². The standard InChI is InChI=1S/C19H17ClF2N4/c20-14-3-1-4-15(21)13(14)11-25-7-9-26(10-8-25)19-18-16(22)5-2-6-17(18)23-12-24-19/h1-6,12H,7-11H2. The van der Waals surface area contributed by atoms with E-state index in [1.54, 1.807) is 24.3 Å². The van der Waals surface area contributed by atoms with Crippen LogP contribution in [0.1, 0.15) is 5.56 Å². The highest BCUT2D eigenvalue weighted by Gasteiger charge is 2.22. The zero-order valence-corrected chi connectivity index (χ0v) is 14.8. The monoisotopic (exact) mass is 374 g/mol. The normalized spacial score (nSPS) is 15.6. The third-order valence-corrected chi connectivity index (χ3v) is 5.06. The van der Waals surface area contributed by atoms with Crippen LogP contribution in [0.4, 0.5) is 14.6 Å². The average molecular weight is 375 g/mol. The molecule has 0 spiro atoms. The summed E-state index contributed by atoms with van der Waals surface area (Å²) in [5.74, 6) is -0.000799. The van der Waals surface area contributed by atoms with Crippen molar-refractivity contribution in [1.29, 1.82) is 0 Å². The Labute approximate surface area is 155 Å². The molecular weight excluding hydrogens is 358 g/mol. The van der Waals surface area contributed by atoms with Crippen LogP contribution in [-0.4, -0.2) is 41.0 Å². The van der Waals surface area contributed by atoms with Crippen molar-refractivity contribution in [2.24, 2.45) is 0 Å². The molecule has 2 aromatic carbocycles. The molecule has 0 unspecified atom stereocenters. The fourth-order valence-electron chi connectivity index (χ4n) is 3.32. The third-order valence-electron chi connectivity index (χ3n) is 4.71. The maximum absolute atomic E-state index is 14.3. The zero-order chi connectivity index (χ0) is 18.1. The van der Waals surface area contributed by atoms with Crippen LogP contribution >= 0.6 is 11.6 Å². The Kier molecular flexibility index (Phi) is 4.70. The Morgan fingerprint density at radius 2 is 1.65 bits per heavy atom. The van der Waals surface area contributed by atoms with Gasteiger partial charge in [-0.25, -0.2) is 18.7 Å². The Bertz CT molecular complexity index is 916. The quantitative estimate of drug-likeness (QED) is 0.696. The predicted octanol–water partition coefficient (Wildman–Crippen LogP) is 3.88. The van der Waals surface area contributed by atoms with Crippen LogP contribution in [0.15, 0.2) is 42.7 Å². The molecule has 0 N–H and O–H groups in total.